The quantitative estimate of drug-likeness (QED) is 0.408. The maximum atomic E-state index is 12.5. The van der Waals surface area contributed by atoms with Gasteiger partial charge in [-0.2, -0.15) is 0 Å². The summed E-state index contributed by atoms with van der Waals surface area (Å²) in [6.07, 6.45) is 0. The van der Waals surface area contributed by atoms with E-state index < -0.39 is 0 Å². The number of aromatic nitrogens is 4. The number of nitrogens with one attached hydrogen (secondary N) is 1. The molecule has 0 saturated carbocycles. The molecule has 4 rings (SSSR count). The summed E-state index contributed by atoms with van der Waals surface area (Å²) in [6, 6.07) is 19.9. The van der Waals surface area contributed by atoms with E-state index in [1.807, 2.05) is 79.1 Å². The summed E-state index contributed by atoms with van der Waals surface area (Å²) in [4.78, 5) is 18.2. The number of nitrogens with zero attached hydrogens (tertiary/aromatic N) is 4. The molecular formula is C22H21N5OS2. The second-order valence-corrected chi connectivity index (χ2v) is 8.69. The highest BCUT2D eigenvalue weighted by Gasteiger charge is 2.16. The second kappa shape index (κ2) is 9.23. The van der Waals surface area contributed by atoms with Crippen molar-refractivity contribution in [3.05, 3.63) is 65.5 Å². The van der Waals surface area contributed by atoms with Crippen LogP contribution < -0.4 is 5.32 Å². The summed E-state index contributed by atoms with van der Waals surface area (Å²) in [5.41, 5.74) is 2.96. The Morgan fingerprint density at radius 1 is 1.03 bits per heavy atom. The number of hydrogen-bond donors (Lipinski definition) is 1. The van der Waals surface area contributed by atoms with Gasteiger partial charge in [0, 0.05) is 22.5 Å². The van der Waals surface area contributed by atoms with Crippen molar-refractivity contribution in [1.82, 2.24) is 19.7 Å². The zero-order chi connectivity index (χ0) is 20.9. The molecular weight excluding hydrogens is 414 g/mol. The van der Waals surface area contributed by atoms with Crippen LogP contribution in [0.4, 0.5) is 5.13 Å². The summed E-state index contributed by atoms with van der Waals surface area (Å²) in [5, 5.41) is 12.8. The van der Waals surface area contributed by atoms with Gasteiger partial charge in [-0.1, -0.05) is 72.4 Å². The Bertz CT molecular complexity index is 1140. The van der Waals surface area contributed by atoms with Gasteiger partial charge in [-0.3, -0.25) is 4.79 Å². The van der Waals surface area contributed by atoms with E-state index in [2.05, 4.69) is 20.5 Å². The first-order valence-corrected chi connectivity index (χ1v) is 11.4. The molecule has 2 heterocycles. The van der Waals surface area contributed by atoms with Crippen LogP contribution in [-0.2, 0) is 11.3 Å². The van der Waals surface area contributed by atoms with Crippen LogP contribution in [0.2, 0.25) is 0 Å². The highest BCUT2D eigenvalue weighted by Crippen LogP contribution is 2.30. The molecule has 0 fully saturated rings. The lowest BCUT2D eigenvalue weighted by molar-refractivity contribution is -0.113. The number of thiazole rings is 1. The highest BCUT2D eigenvalue weighted by molar-refractivity contribution is 7.99. The van der Waals surface area contributed by atoms with Gasteiger partial charge in [0.2, 0.25) is 5.91 Å². The van der Waals surface area contributed by atoms with Crippen LogP contribution in [0.25, 0.3) is 22.6 Å². The number of benzene rings is 2. The van der Waals surface area contributed by atoms with Crippen LogP contribution in [-0.4, -0.2) is 31.4 Å². The van der Waals surface area contributed by atoms with Crippen LogP contribution in [0.3, 0.4) is 0 Å². The van der Waals surface area contributed by atoms with Gasteiger partial charge in [-0.25, -0.2) is 4.98 Å². The van der Waals surface area contributed by atoms with E-state index in [-0.39, 0.29) is 11.7 Å². The molecule has 0 aliphatic heterocycles. The minimum atomic E-state index is -0.111. The Kier molecular flexibility index (Phi) is 6.25. The third kappa shape index (κ3) is 4.44. The number of amides is 1. The van der Waals surface area contributed by atoms with E-state index in [0.29, 0.717) is 5.13 Å². The Morgan fingerprint density at radius 2 is 1.70 bits per heavy atom. The minimum Gasteiger partial charge on any atom is -0.302 e. The van der Waals surface area contributed by atoms with Crippen LogP contribution in [0.1, 0.15) is 11.8 Å². The van der Waals surface area contributed by atoms with E-state index in [1.54, 1.807) is 0 Å². The summed E-state index contributed by atoms with van der Waals surface area (Å²) < 4.78 is 2.02. The summed E-state index contributed by atoms with van der Waals surface area (Å²) in [5.74, 6) is 0.941. The van der Waals surface area contributed by atoms with Crippen molar-refractivity contribution in [3.8, 4) is 22.6 Å². The highest BCUT2D eigenvalue weighted by atomic mass is 32.2. The lowest BCUT2D eigenvalue weighted by atomic mass is 10.1. The van der Waals surface area contributed by atoms with Gasteiger partial charge in [-0.15, -0.1) is 21.5 Å². The zero-order valence-electron chi connectivity index (χ0n) is 16.7. The Balaban J connectivity index is 1.42. The van der Waals surface area contributed by atoms with Gasteiger partial charge < -0.3 is 9.88 Å². The van der Waals surface area contributed by atoms with Crippen molar-refractivity contribution >= 4 is 34.1 Å². The second-order valence-electron chi connectivity index (χ2n) is 6.54. The first-order chi connectivity index (χ1) is 14.7. The van der Waals surface area contributed by atoms with Crippen LogP contribution >= 0.6 is 23.1 Å². The largest absolute Gasteiger partial charge is 0.302 e. The van der Waals surface area contributed by atoms with Crippen LogP contribution in [0.5, 0.6) is 0 Å². The molecule has 1 N–H and O–H groups in total. The molecule has 0 spiro atoms. The van der Waals surface area contributed by atoms with Crippen LogP contribution in [0, 0.1) is 6.92 Å². The average Bonchev–Trinajstić information content (AvgIpc) is 3.36. The molecule has 2 aromatic heterocycles. The third-order valence-electron chi connectivity index (χ3n) is 4.49. The number of rotatable bonds is 7. The van der Waals surface area contributed by atoms with Crippen molar-refractivity contribution in [2.24, 2.45) is 0 Å². The monoisotopic (exact) mass is 435 g/mol. The molecule has 0 aliphatic carbocycles. The van der Waals surface area contributed by atoms with Crippen molar-refractivity contribution in [3.63, 3.8) is 0 Å². The Labute approximate surface area is 183 Å². The summed E-state index contributed by atoms with van der Waals surface area (Å²) in [6.45, 7) is 4.79. The topological polar surface area (TPSA) is 72.7 Å². The predicted molar refractivity (Wildman–Crippen MR) is 123 cm³/mol. The van der Waals surface area contributed by atoms with Gasteiger partial charge in [0.1, 0.15) is 0 Å². The molecule has 2 aromatic carbocycles. The third-order valence-corrected chi connectivity index (χ3v) is 6.34. The number of thioether (sulfide) groups is 1. The zero-order valence-corrected chi connectivity index (χ0v) is 18.3. The van der Waals surface area contributed by atoms with Crippen molar-refractivity contribution in [2.75, 3.05) is 11.1 Å². The first kappa shape index (κ1) is 20.3. The standard InChI is InChI=1S/C22H21N5OS2/c1-3-27-20(17-12-8-5-9-13-17)25-26-22(27)29-14-18(28)23-21-24-19(15(2)30-21)16-10-6-4-7-11-16/h4-13H,3,14H2,1-2H3,(H,23,24,28). The van der Waals surface area contributed by atoms with Gasteiger partial charge in [-0.05, 0) is 13.8 Å². The van der Waals surface area contributed by atoms with E-state index in [4.69, 9.17) is 0 Å². The van der Waals surface area contributed by atoms with E-state index in [9.17, 15) is 4.79 Å². The number of aryl methyl sites for hydroxylation is 1. The maximum Gasteiger partial charge on any atom is 0.236 e. The normalized spacial score (nSPS) is 10.9. The smallest absolute Gasteiger partial charge is 0.236 e. The number of carbonyl (C=O) groups is 1. The van der Waals surface area contributed by atoms with E-state index in [1.165, 1.54) is 23.1 Å². The van der Waals surface area contributed by atoms with Gasteiger partial charge in [0.25, 0.3) is 0 Å². The fraction of sp³-hybridized carbons (Fsp3) is 0.182. The predicted octanol–water partition coefficient (Wildman–Crippen LogP) is 5.13. The molecule has 0 unspecified atom stereocenters. The van der Waals surface area contributed by atoms with Gasteiger partial charge >= 0.3 is 0 Å². The van der Waals surface area contributed by atoms with E-state index in [0.717, 1.165) is 39.2 Å². The molecule has 30 heavy (non-hydrogen) atoms. The fourth-order valence-corrected chi connectivity index (χ4v) is 4.73. The summed E-state index contributed by atoms with van der Waals surface area (Å²) >= 11 is 2.86. The van der Waals surface area contributed by atoms with Crippen LogP contribution in [0.15, 0.2) is 65.8 Å². The minimum absolute atomic E-state index is 0.111. The van der Waals surface area contributed by atoms with Crippen molar-refractivity contribution < 1.29 is 4.79 Å². The SMILES string of the molecule is CCn1c(SCC(=O)Nc2nc(-c3ccccc3)c(C)s2)nnc1-c1ccccc1. The number of anilines is 1. The van der Waals surface area contributed by atoms with Crippen molar-refractivity contribution in [1.29, 1.82) is 0 Å². The molecule has 8 heteroatoms. The Hall–Kier alpha value is -2.97. The average molecular weight is 436 g/mol. The molecule has 152 valence electrons. The lowest BCUT2D eigenvalue weighted by Crippen LogP contribution is -2.14. The van der Waals surface area contributed by atoms with Gasteiger partial charge in [0.15, 0.2) is 16.1 Å². The Morgan fingerprint density at radius 3 is 2.37 bits per heavy atom. The molecule has 0 saturated heterocycles. The molecule has 6 nitrogen and oxygen atoms in total. The van der Waals surface area contributed by atoms with E-state index >= 15 is 0 Å². The molecule has 0 bridgehead atoms. The maximum absolute atomic E-state index is 12.5. The fourth-order valence-electron chi connectivity index (χ4n) is 3.08. The van der Waals surface area contributed by atoms with Crippen molar-refractivity contribution in [2.45, 2.75) is 25.5 Å². The molecule has 0 aliphatic rings. The molecule has 1 amide bonds. The van der Waals surface area contributed by atoms with Gasteiger partial charge in [0.05, 0.1) is 11.4 Å². The summed E-state index contributed by atoms with van der Waals surface area (Å²) in [7, 11) is 0. The number of carbonyl (C=O) groups excluding carboxylic acids is 1. The molecule has 0 radical (unpaired) electrons. The first-order valence-electron chi connectivity index (χ1n) is 9.60. The lowest BCUT2D eigenvalue weighted by Gasteiger charge is -2.07. The number of hydrogen-bond acceptors (Lipinski definition) is 6. The molecule has 4 aromatic rings. The molecule has 0 atom stereocenters.